The first kappa shape index (κ1) is 9.21. The summed E-state index contributed by atoms with van der Waals surface area (Å²) >= 11 is 1.71. The van der Waals surface area contributed by atoms with Gasteiger partial charge in [-0.25, -0.2) is 4.57 Å². The van der Waals surface area contributed by atoms with Crippen LogP contribution < -0.4 is 0 Å². The van der Waals surface area contributed by atoms with Crippen molar-refractivity contribution in [3.05, 3.63) is 18.3 Å². The van der Waals surface area contributed by atoms with Gasteiger partial charge in [-0.1, -0.05) is 13.3 Å². The fourth-order valence-corrected chi connectivity index (χ4v) is 1.86. The second kappa shape index (κ2) is 4.89. The van der Waals surface area contributed by atoms with Crippen molar-refractivity contribution in [3.63, 3.8) is 0 Å². The maximum absolute atomic E-state index is 8.63. The minimum atomic E-state index is 0.992. The Hall–Kier alpha value is -0.880. The molecule has 12 heavy (non-hydrogen) atoms. The smallest absolute Gasteiger partial charge is 0.189 e. The first-order valence-corrected chi connectivity index (χ1v) is 4.99. The standard InChI is InChI=1S/C9H11N2S/c1-2-3-7-12-9-5-4-6-11(9)8-10/h4-5H,2-3,7H2,1H3. The Morgan fingerprint density at radius 3 is 3.25 bits per heavy atom. The van der Waals surface area contributed by atoms with Gasteiger partial charge in [0.15, 0.2) is 6.19 Å². The monoisotopic (exact) mass is 179 g/mol. The lowest BCUT2D eigenvalue weighted by Crippen LogP contribution is -1.88. The highest BCUT2D eigenvalue weighted by Gasteiger charge is 1.99. The van der Waals surface area contributed by atoms with E-state index in [9.17, 15) is 0 Å². The van der Waals surface area contributed by atoms with E-state index in [2.05, 4.69) is 13.1 Å². The molecule has 0 amide bonds. The van der Waals surface area contributed by atoms with Crippen LogP contribution in [0.1, 0.15) is 19.8 Å². The third-order valence-corrected chi connectivity index (χ3v) is 2.60. The van der Waals surface area contributed by atoms with Crippen molar-refractivity contribution >= 4 is 11.8 Å². The van der Waals surface area contributed by atoms with Gasteiger partial charge in [0.05, 0.1) is 11.2 Å². The fraction of sp³-hybridized carbons (Fsp3) is 0.444. The predicted molar refractivity (Wildman–Crippen MR) is 49.9 cm³/mol. The molecule has 0 spiro atoms. The van der Waals surface area contributed by atoms with Crippen LogP contribution in [0.15, 0.2) is 17.2 Å². The summed E-state index contributed by atoms with van der Waals surface area (Å²) in [5.74, 6) is 1.08. The van der Waals surface area contributed by atoms with Crippen LogP contribution in [0.3, 0.4) is 0 Å². The summed E-state index contributed by atoms with van der Waals surface area (Å²) < 4.78 is 1.47. The quantitative estimate of drug-likeness (QED) is 0.525. The number of unbranched alkanes of at least 4 members (excludes halogenated alkanes) is 1. The summed E-state index contributed by atoms with van der Waals surface area (Å²) in [6.45, 7) is 2.16. The first-order chi connectivity index (χ1) is 5.88. The Morgan fingerprint density at radius 1 is 1.75 bits per heavy atom. The molecule has 3 heteroatoms. The SMILES string of the molecule is CCCCSc1cc[c]n1C#N. The van der Waals surface area contributed by atoms with Gasteiger partial charge in [-0.05, 0) is 24.3 Å². The molecule has 0 fully saturated rings. The third-order valence-electron chi connectivity index (χ3n) is 1.50. The van der Waals surface area contributed by atoms with Gasteiger partial charge >= 0.3 is 0 Å². The molecule has 1 rings (SSSR count). The van der Waals surface area contributed by atoms with Crippen molar-refractivity contribution in [1.82, 2.24) is 4.57 Å². The summed E-state index contributed by atoms with van der Waals surface area (Å²) in [6, 6.07) is 3.70. The van der Waals surface area contributed by atoms with Gasteiger partial charge in [0, 0.05) is 0 Å². The molecular weight excluding hydrogens is 168 g/mol. The van der Waals surface area contributed by atoms with Gasteiger partial charge in [-0.15, -0.1) is 11.8 Å². The topological polar surface area (TPSA) is 28.7 Å². The minimum Gasteiger partial charge on any atom is -0.239 e. The molecule has 2 nitrogen and oxygen atoms in total. The lowest BCUT2D eigenvalue weighted by molar-refractivity contribution is 0.890. The molecule has 0 bridgehead atoms. The largest absolute Gasteiger partial charge is 0.239 e. The van der Waals surface area contributed by atoms with E-state index in [-0.39, 0.29) is 0 Å². The Balaban J connectivity index is 2.46. The van der Waals surface area contributed by atoms with E-state index in [1.165, 1.54) is 17.4 Å². The lowest BCUT2D eigenvalue weighted by Gasteiger charge is -1.98. The summed E-state index contributed by atoms with van der Waals surface area (Å²) in [7, 11) is 0. The van der Waals surface area contributed by atoms with Crippen LogP contribution in [0.25, 0.3) is 0 Å². The second-order valence-corrected chi connectivity index (χ2v) is 3.55. The van der Waals surface area contributed by atoms with Gasteiger partial charge in [-0.3, -0.25) is 0 Å². The number of hydrogen-bond donors (Lipinski definition) is 0. The van der Waals surface area contributed by atoms with E-state index >= 15 is 0 Å². The van der Waals surface area contributed by atoms with Crippen molar-refractivity contribution < 1.29 is 0 Å². The van der Waals surface area contributed by atoms with Crippen LogP contribution in [0, 0.1) is 17.7 Å². The Kier molecular flexibility index (Phi) is 3.75. The highest BCUT2D eigenvalue weighted by Crippen LogP contribution is 2.18. The summed E-state index contributed by atoms with van der Waals surface area (Å²) in [5.41, 5.74) is 0. The van der Waals surface area contributed by atoms with Crippen molar-refractivity contribution in [2.24, 2.45) is 0 Å². The zero-order valence-corrected chi connectivity index (χ0v) is 7.90. The molecule has 0 saturated heterocycles. The van der Waals surface area contributed by atoms with E-state index in [4.69, 9.17) is 5.26 Å². The lowest BCUT2D eigenvalue weighted by atomic mass is 10.4. The highest BCUT2D eigenvalue weighted by molar-refractivity contribution is 7.99. The predicted octanol–water partition coefficient (Wildman–Crippen LogP) is 2.51. The average molecular weight is 179 g/mol. The fourth-order valence-electron chi connectivity index (χ4n) is 0.833. The van der Waals surface area contributed by atoms with Crippen molar-refractivity contribution in [1.29, 1.82) is 5.26 Å². The Labute approximate surface area is 77.2 Å². The van der Waals surface area contributed by atoms with E-state index < -0.39 is 0 Å². The van der Waals surface area contributed by atoms with Crippen LogP contribution in [0.5, 0.6) is 0 Å². The third kappa shape index (κ3) is 2.31. The van der Waals surface area contributed by atoms with E-state index in [1.54, 1.807) is 17.8 Å². The number of nitrogens with zero attached hydrogens (tertiary/aromatic N) is 2. The summed E-state index contributed by atoms with van der Waals surface area (Å²) in [5, 5.41) is 9.62. The number of hydrogen-bond acceptors (Lipinski definition) is 2. The van der Waals surface area contributed by atoms with Gasteiger partial charge in [-0.2, -0.15) is 5.26 Å². The van der Waals surface area contributed by atoms with Gasteiger partial charge in [0.1, 0.15) is 0 Å². The molecule has 1 aromatic heterocycles. The Bertz CT molecular complexity index is 272. The average Bonchev–Trinajstić information content (AvgIpc) is 2.52. The highest BCUT2D eigenvalue weighted by atomic mass is 32.2. The number of thioether (sulfide) groups is 1. The molecule has 1 radical (unpaired) electrons. The number of aromatic nitrogens is 1. The normalized spacial score (nSPS) is 9.67. The van der Waals surface area contributed by atoms with Crippen LogP contribution in [0.2, 0.25) is 0 Å². The maximum atomic E-state index is 8.63. The van der Waals surface area contributed by atoms with E-state index in [0.717, 1.165) is 10.8 Å². The minimum absolute atomic E-state index is 0.992. The molecule has 0 aliphatic rings. The molecule has 0 aliphatic carbocycles. The van der Waals surface area contributed by atoms with Crippen molar-refractivity contribution in [2.75, 3.05) is 5.75 Å². The van der Waals surface area contributed by atoms with Crippen LogP contribution >= 0.6 is 11.8 Å². The summed E-state index contributed by atoms with van der Waals surface area (Å²) in [4.78, 5) is 0. The second-order valence-electron chi connectivity index (χ2n) is 2.44. The van der Waals surface area contributed by atoms with E-state index in [0.29, 0.717) is 0 Å². The molecule has 1 heterocycles. The van der Waals surface area contributed by atoms with Gasteiger partial charge in [0.2, 0.25) is 0 Å². The van der Waals surface area contributed by atoms with Crippen molar-refractivity contribution in [2.45, 2.75) is 24.8 Å². The van der Waals surface area contributed by atoms with Crippen molar-refractivity contribution in [3.8, 4) is 6.19 Å². The molecule has 0 aliphatic heterocycles. The summed E-state index contributed by atoms with van der Waals surface area (Å²) in [6.07, 6.45) is 7.25. The molecule has 0 saturated carbocycles. The zero-order valence-electron chi connectivity index (χ0n) is 7.08. The molecule has 0 atom stereocenters. The molecule has 0 N–H and O–H groups in total. The molecule has 63 valence electrons. The first-order valence-electron chi connectivity index (χ1n) is 4.01. The zero-order chi connectivity index (χ0) is 8.81. The van der Waals surface area contributed by atoms with Crippen LogP contribution in [-0.4, -0.2) is 10.3 Å². The van der Waals surface area contributed by atoms with Crippen LogP contribution in [0.4, 0.5) is 0 Å². The van der Waals surface area contributed by atoms with Gasteiger partial charge in [0.25, 0.3) is 0 Å². The molecule has 0 unspecified atom stereocenters. The van der Waals surface area contributed by atoms with Gasteiger partial charge < -0.3 is 0 Å². The number of rotatable bonds is 4. The molecule has 0 aromatic carbocycles. The number of nitriles is 1. The molecular formula is C9H11N2S. The maximum Gasteiger partial charge on any atom is 0.189 e. The van der Waals surface area contributed by atoms with Crippen LogP contribution in [-0.2, 0) is 0 Å². The van der Waals surface area contributed by atoms with E-state index in [1.807, 2.05) is 12.3 Å². The molecule has 1 aromatic rings. The Morgan fingerprint density at radius 2 is 2.58 bits per heavy atom.